The lowest BCUT2D eigenvalue weighted by Crippen LogP contribution is -2.31. The Morgan fingerprint density at radius 3 is 1.48 bits per heavy atom. The summed E-state index contributed by atoms with van der Waals surface area (Å²) in [5.74, 6) is 0.159. The molecule has 3 nitrogen and oxygen atoms in total. The van der Waals surface area contributed by atoms with E-state index >= 15 is 0 Å². The number of Topliss-reactive ketones (excluding diaryl/α,β-unsaturated/α-hetero) is 1. The lowest BCUT2D eigenvalue weighted by molar-refractivity contribution is -0.157. The van der Waals surface area contributed by atoms with Crippen molar-refractivity contribution in [2.45, 2.75) is 142 Å². The summed E-state index contributed by atoms with van der Waals surface area (Å²) in [5.41, 5.74) is -0.281. The summed E-state index contributed by atoms with van der Waals surface area (Å²) < 4.78 is 5.69. The number of ether oxygens (including phenoxy) is 1. The van der Waals surface area contributed by atoms with Gasteiger partial charge in [0.1, 0.15) is 11.4 Å². The standard InChI is InChI=1S/C24H46O3/c1-5-6-7-8-11-14-17-20-24(4,27-23(3)26)21-18-15-12-9-10-13-16-19-22(2)25/h5-21H2,1-4H3. The molecule has 0 aliphatic rings. The minimum absolute atomic E-state index is 0.147. The van der Waals surface area contributed by atoms with Gasteiger partial charge in [0.2, 0.25) is 0 Å². The van der Waals surface area contributed by atoms with Crippen LogP contribution < -0.4 is 0 Å². The van der Waals surface area contributed by atoms with Gasteiger partial charge in [-0.2, -0.15) is 0 Å². The Balaban J connectivity index is 3.84. The first kappa shape index (κ1) is 26.1. The van der Waals surface area contributed by atoms with Gasteiger partial charge < -0.3 is 9.53 Å². The van der Waals surface area contributed by atoms with Gasteiger partial charge in [-0.25, -0.2) is 0 Å². The highest BCUT2D eigenvalue weighted by Crippen LogP contribution is 2.27. The van der Waals surface area contributed by atoms with Crippen molar-refractivity contribution in [1.82, 2.24) is 0 Å². The topological polar surface area (TPSA) is 43.4 Å². The molecule has 0 spiro atoms. The van der Waals surface area contributed by atoms with E-state index in [1.54, 1.807) is 6.92 Å². The molecule has 0 fully saturated rings. The maximum atomic E-state index is 11.5. The van der Waals surface area contributed by atoms with Crippen LogP contribution in [0.2, 0.25) is 0 Å². The molecule has 0 aromatic rings. The molecule has 0 amide bonds. The first-order chi connectivity index (χ1) is 12.9. The average molecular weight is 383 g/mol. The normalized spacial score (nSPS) is 13.3. The quantitative estimate of drug-likeness (QED) is 0.171. The number of hydrogen-bond acceptors (Lipinski definition) is 3. The lowest BCUT2D eigenvalue weighted by Gasteiger charge is -2.29. The molecule has 1 atom stereocenters. The molecule has 0 aromatic heterocycles. The average Bonchev–Trinajstić information content (AvgIpc) is 2.58. The van der Waals surface area contributed by atoms with E-state index in [4.69, 9.17) is 4.74 Å². The van der Waals surface area contributed by atoms with Crippen molar-refractivity contribution in [3.63, 3.8) is 0 Å². The molecular formula is C24H46O3. The zero-order valence-electron chi connectivity index (χ0n) is 18.7. The Kier molecular flexibility index (Phi) is 16.7. The van der Waals surface area contributed by atoms with Crippen molar-refractivity contribution >= 4 is 11.8 Å². The van der Waals surface area contributed by atoms with Gasteiger partial charge in [-0.1, -0.05) is 77.6 Å². The number of hydrogen-bond donors (Lipinski definition) is 0. The van der Waals surface area contributed by atoms with E-state index in [0.29, 0.717) is 5.78 Å². The molecule has 0 N–H and O–H groups in total. The highest BCUT2D eigenvalue weighted by molar-refractivity contribution is 5.75. The van der Waals surface area contributed by atoms with E-state index < -0.39 is 0 Å². The molecule has 0 radical (unpaired) electrons. The summed E-state index contributed by atoms with van der Waals surface area (Å²) in [6, 6.07) is 0. The highest BCUT2D eigenvalue weighted by atomic mass is 16.6. The van der Waals surface area contributed by atoms with E-state index in [1.807, 2.05) is 0 Å². The summed E-state index contributed by atoms with van der Waals surface area (Å²) >= 11 is 0. The summed E-state index contributed by atoms with van der Waals surface area (Å²) in [6.07, 6.45) is 20.0. The zero-order valence-corrected chi connectivity index (χ0v) is 18.7. The third-order valence-electron chi connectivity index (χ3n) is 5.43. The maximum absolute atomic E-state index is 11.5. The third-order valence-corrected chi connectivity index (χ3v) is 5.43. The van der Waals surface area contributed by atoms with E-state index in [1.165, 1.54) is 77.6 Å². The van der Waals surface area contributed by atoms with Crippen LogP contribution in [0.4, 0.5) is 0 Å². The van der Waals surface area contributed by atoms with E-state index in [-0.39, 0.29) is 11.6 Å². The van der Waals surface area contributed by atoms with Crippen molar-refractivity contribution < 1.29 is 14.3 Å². The fourth-order valence-corrected chi connectivity index (χ4v) is 3.79. The summed E-state index contributed by atoms with van der Waals surface area (Å²) in [5, 5.41) is 0. The van der Waals surface area contributed by atoms with Gasteiger partial charge >= 0.3 is 5.97 Å². The fraction of sp³-hybridized carbons (Fsp3) is 0.917. The van der Waals surface area contributed by atoms with Gasteiger partial charge in [-0.05, 0) is 46.0 Å². The second-order valence-electron chi connectivity index (χ2n) is 8.59. The SMILES string of the molecule is CCCCCCCCCC(C)(CCCCCCCCCC(C)=O)OC(C)=O. The molecule has 0 saturated heterocycles. The molecular weight excluding hydrogens is 336 g/mol. The Morgan fingerprint density at radius 1 is 0.667 bits per heavy atom. The summed E-state index contributed by atoms with van der Waals surface area (Å²) in [7, 11) is 0. The van der Waals surface area contributed by atoms with Gasteiger partial charge in [0, 0.05) is 13.3 Å². The van der Waals surface area contributed by atoms with Crippen LogP contribution >= 0.6 is 0 Å². The van der Waals surface area contributed by atoms with Gasteiger partial charge in [-0.15, -0.1) is 0 Å². The molecule has 0 aromatic carbocycles. The van der Waals surface area contributed by atoms with Crippen molar-refractivity contribution in [2.24, 2.45) is 0 Å². The lowest BCUT2D eigenvalue weighted by atomic mass is 9.91. The van der Waals surface area contributed by atoms with E-state index in [2.05, 4.69) is 13.8 Å². The van der Waals surface area contributed by atoms with Crippen molar-refractivity contribution in [3.8, 4) is 0 Å². The molecule has 0 heterocycles. The van der Waals surface area contributed by atoms with Gasteiger partial charge in [0.25, 0.3) is 0 Å². The number of ketones is 1. The van der Waals surface area contributed by atoms with Crippen LogP contribution in [-0.4, -0.2) is 17.4 Å². The summed E-state index contributed by atoms with van der Waals surface area (Å²) in [4.78, 5) is 22.4. The monoisotopic (exact) mass is 382 g/mol. The minimum Gasteiger partial charge on any atom is -0.460 e. The van der Waals surface area contributed by atoms with Crippen LogP contribution in [0.3, 0.4) is 0 Å². The first-order valence-corrected chi connectivity index (χ1v) is 11.6. The van der Waals surface area contributed by atoms with Crippen LogP contribution in [0, 0.1) is 0 Å². The maximum Gasteiger partial charge on any atom is 0.303 e. The first-order valence-electron chi connectivity index (χ1n) is 11.6. The predicted octanol–water partition coefficient (Wildman–Crippen LogP) is 7.55. The van der Waals surface area contributed by atoms with Crippen LogP contribution in [0.25, 0.3) is 0 Å². The van der Waals surface area contributed by atoms with Gasteiger partial charge in [0.05, 0.1) is 0 Å². The molecule has 27 heavy (non-hydrogen) atoms. The fourth-order valence-electron chi connectivity index (χ4n) is 3.79. The zero-order chi connectivity index (χ0) is 20.4. The van der Waals surface area contributed by atoms with Crippen LogP contribution in [0.1, 0.15) is 137 Å². The van der Waals surface area contributed by atoms with E-state index in [0.717, 1.165) is 38.5 Å². The second-order valence-corrected chi connectivity index (χ2v) is 8.59. The molecule has 0 saturated carbocycles. The molecule has 1 unspecified atom stereocenters. The minimum atomic E-state index is -0.281. The van der Waals surface area contributed by atoms with Crippen LogP contribution in [0.15, 0.2) is 0 Å². The predicted molar refractivity (Wildman–Crippen MR) is 115 cm³/mol. The highest BCUT2D eigenvalue weighted by Gasteiger charge is 2.26. The van der Waals surface area contributed by atoms with Crippen molar-refractivity contribution in [1.29, 1.82) is 0 Å². The Morgan fingerprint density at radius 2 is 1.07 bits per heavy atom. The number of unbranched alkanes of at least 4 members (excludes halogenated alkanes) is 12. The Bertz CT molecular complexity index is 378. The molecule has 0 aliphatic heterocycles. The molecule has 3 heteroatoms. The largest absolute Gasteiger partial charge is 0.460 e. The molecule has 0 bridgehead atoms. The molecule has 0 aliphatic carbocycles. The number of esters is 1. The van der Waals surface area contributed by atoms with Crippen molar-refractivity contribution in [3.05, 3.63) is 0 Å². The second kappa shape index (κ2) is 17.3. The van der Waals surface area contributed by atoms with Crippen LogP contribution in [-0.2, 0) is 14.3 Å². The number of carbonyl (C=O) groups excluding carboxylic acids is 2. The smallest absolute Gasteiger partial charge is 0.303 e. The summed E-state index contributed by atoms with van der Waals surface area (Å²) in [6.45, 7) is 7.57. The van der Waals surface area contributed by atoms with Gasteiger partial charge in [0.15, 0.2) is 0 Å². The Labute approximate surface area is 169 Å². The number of rotatable bonds is 19. The van der Waals surface area contributed by atoms with Gasteiger partial charge in [-0.3, -0.25) is 4.79 Å². The van der Waals surface area contributed by atoms with Crippen molar-refractivity contribution in [2.75, 3.05) is 0 Å². The molecule has 0 rings (SSSR count). The number of carbonyl (C=O) groups is 2. The van der Waals surface area contributed by atoms with E-state index in [9.17, 15) is 9.59 Å². The third kappa shape index (κ3) is 18.3. The Hall–Kier alpha value is -0.860. The van der Waals surface area contributed by atoms with Crippen LogP contribution in [0.5, 0.6) is 0 Å². The molecule has 160 valence electrons.